The molecule has 0 fully saturated rings. The highest BCUT2D eigenvalue weighted by atomic mass is 16.5. The molecule has 24 heavy (non-hydrogen) atoms. The molecule has 0 spiro atoms. The van der Waals surface area contributed by atoms with Crippen LogP contribution in [0.1, 0.15) is 29.8 Å². The molecule has 2 aromatic carbocycles. The molecule has 0 saturated heterocycles. The lowest BCUT2D eigenvalue weighted by atomic mass is 10.0. The van der Waals surface area contributed by atoms with E-state index in [2.05, 4.69) is 5.32 Å². The van der Waals surface area contributed by atoms with Gasteiger partial charge in [-0.25, -0.2) is 0 Å². The lowest BCUT2D eigenvalue weighted by Crippen LogP contribution is -2.34. The molecule has 0 saturated carbocycles. The van der Waals surface area contributed by atoms with Gasteiger partial charge in [0.05, 0.1) is 24.7 Å². The van der Waals surface area contributed by atoms with E-state index in [1.807, 2.05) is 56.3 Å². The summed E-state index contributed by atoms with van der Waals surface area (Å²) in [6.45, 7) is 4.41. The van der Waals surface area contributed by atoms with Crippen LogP contribution in [0, 0.1) is 0 Å². The number of rotatable bonds is 6. The molecule has 1 heterocycles. The number of carbonyl (C=O) groups excluding carboxylic acids is 1. The van der Waals surface area contributed by atoms with Gasteiger partial charge < -0.3 is 14.5 Å². The highest BCUT2D eigenvalue weighted by Gasteiger charge is 2.18. The first-order valence-corrected chi connectivity index (χ1v) is 8.15. The smallest absolute Gasteiger partial charge is 0.255 e. The predicted molar refractivity (Wildman–Crippen MR) is 94.5 cm³/mol. The highest BCUT2D eigenvalue weighted by molar-refractivity contribution is 6.09. The fourth-order valence-corrected chi connectivity index (χ4v) is 2.87. The van der Waals surface area contributed by atoms with Gasteiger partial charge in [-0.1, -0.05) is 30.3 Å². The first-order chi connectivity index (χ1) is 11.7. The number of benzene rings is 2. The van der Waals surface area contributed by atoms with Crippen LogP contribution in [0.15, 0.2) is 59.4 Å². The lowest BCUT2D eigenvalue weighted by molar-refractivity contribution is 0.0938. The number of hydrogen-bond donors (Lipinski definition) is 1. The number of hydrogen-bond acceptors (Lipinski definition) is 3. The zero-order valence-corrected chi connectivity index (χ0v) is 13.9. The molecular weight excluding hydrogens is 302 g/mol. The summed E-state index contributed by atoms with van der Waals surface area (Å²) in [6.07, 6.45) is 4.06. The van der Waals surface area contributed by atoms with Crippen LogP contribution in [0.25, 0.3) is 10.8 Å². The summed E-state index contributed by atoms with van der Waals surface area (Å²) in [5, 5.41) is 4.99. The average Bonchev–Trinajstić information content (AvgIpc) is 3.07. The number of amides is 1. The Hall–Kier alpha value is -2.75. The molecule has 0 aliphatic heterocycles. The van der Waals surface area contributed by atoms with Crippen molar-refractivity contribution in [3.05, 3.63) is 66.1 Å². The van der Waals surface area contributed by atoms with Crippen LogP contribution in [-0.4, -0.2) is 18.6 Å². The first kappa shape index (κ1) is 16.1. The van der Waals surface area contributed by atoms with Crippen molar-refractivity contribution in [2.75, 3.05) is 6.61 Å². The Morgan fingerprint density at radius 2 is 2.04 bits per heavy atom. The molecule has 1 amide bonds. The number of ether oxygens (including phenoxy) is 1. The zero-order valence-electron chi connectivity index (χ0n) is 13.9. The second-order valence-electron chi connectivity index (χ2n) is 5.80. The van der Waals surface area contributed by atoms with E-state index >= 15 is 0 Å². The SMILES string of the molecule is CCOc1ccc2ccccc2c1C(=O)N[C@H](C)Cc1ccoc1. The fourth-order valence-electron chi connectivity index (χ4n) is 2.87. The third-order valence-corrected chi connectivity index (χ3v) is 3.92. The highest BCUT2D eigenvalue weighted by Crippen LogP contribution is 2.28. The first-order valence-electron chi connectivity index (χ1n) is 8.15. The standard InChI is InChI=1S/C20H21NO3/c1-3-24-18-9-8-16-6-4-5-7-17(16)19(18)20(22)21-14(2)12-15-10-11-23-13-15/h4-11,13-14H,3,12H2,1-2H3,(H,21,22)/t14-/m1/s1. The molecule has 0 bridgehead atoms. The number of fused-ring (bicyclic) bond motifs is 1. The summed E-state index contributed by atoms with van der Waals surface area (Å²) in [4.78, 5) is 12.9. The maximum atomic E-state index is 12.9. The second kappa shape index (κ2) is 7.21. The third-order valence-electron chi connectivity index (χ3n) is 3.92. The van der Waals surface area contributed by atoms with Crippen LogP contribution in [-0.2, 0) is 6.42 Å². The Kier molecular flexibility index (Phi) is 4.85. The third kappa shape index (κ3) is 3.43. The Morgan fingerprint density at radius 1 is 1.21 bits per heavy atom. The van der Waals surface area contributed by atoms with Gasteiger partial charge in [0.2, 0.25) is 0 Å². The van der Waals surface area contributed by atoms with Crippen LogP contribution in [0.5, 0.6) is 5.75 Å². The van der Waals surface area contributed by atoms with E-state index in [9.17, 15) is 4.79 Å². The van der Waals surface area contributed by atoms with Gasteiger partial charge in [-0.3, -0.25) is 4.79 Å². The maximum absolute atomic E-state index is 12.9. The lowest BCUT2D eigenvalue weighted by Gasteiger charge is -2.17. The molecule has 4 heteroatoms. The molecule has 1 aromatic heterocycles. The van der Waals surface area contributed by atoms with Crippen molar-refractivity contribution < 1.29 is 13.9 Å². The van der Waals surface area contributed by atoms with E-state index in [1.54, 1.807) is 12.5 Å². The van der Waals surface area contributed by atoms with Crippen molar-refractivity contribution in [1.82, 2.24) is 5.32 Å². The van der Waals surface area contributed by atoms with Gasteiger partial charge in [-0.15, -0.1) is 0 Å². The van der Waals surface area contributed by atoms with Crippen LogP contribution < -0.4 is 10.1 Å². The molecule has 0 unspecified atom stereocenters. The monoisotopic (exact) mass is 323 g/mol. The summed E-state index contributed by atoms with van der Waals surface area (Å²) < 4.78 is 10.8. The van der Waals surface area contributed by atoms with E-state index < -0.39 is 0 Å². The van der Waals surface area contributed by atoms with Crippen molar-refractivity contribution in [2.45, 2.75) is 26.3 Å². The van der Waals surface area contributed by atoms with Crippen LogP contribution >= 0.6 is 0 Å². The van der Waals surface area contributed by atoms with Crippen molar-refractivity contribution in [3.8, 4) is 5.75 Å². The average molecular weight is 323 g/mol. The molecule has 0 aliphatic rings. The summed E-state index contributed by atoms with van der Waals surface area (Å²) in [5.74, 6) is 0.496. The van der Waals surface area contributed by atoms with E-state index in [0.29, 0.717) is 17.9 Å². The Balaban J connectivity index is 1.88. The summed E-state index contributed by atoms with van der Waals surface area (Å²) in [5.41, 5.74) is 1.65. The summed E-state index contributed by atoms with van der Waals surface area (Å²) in [6, 6.07) is 13.6. The molecule has 3 aromatic rings. The van der Waals surface area contributed by atoms with Gasteiger partial charge in [0.25, 0.3) is 5.91 Å². The maximum Gasteiger partial charge on any atom is 0.255 e. The van der Waals surface area contributed by atoms with Crippen molar-refractivity contribution >= 4 is 16.7 Å². The van der Waals surface area contributed by atoms with E-state index in [0.717, 1.165) is 22.8 Å². The van der Waals surface area contributed by atoms with Crippen molar-refractivity contribution in [2.24, 2.45) is 0 Å². The molecule has 3 rings (SSSR count). The van der Waals surface area contributed by atoms with Crippen molar-refractivity contribution in [3.63, 3.8) is 0 Å². The van der Waals surface area contributed by atoms with E-state index in [4.69, 9.17) is 9.15 Å². The van der Waals surface area contributed by atoms with Gasteiger partial charge >= 0.3 is 0 Å². The normalized spacial score (nSPS) is 12.1. The van der Waals surface area contributed by atoms with Crippen molar-refractivity contribution in [1.29, 1.82) is 0 Å². The van der Waals surface area contributed by atoms with Crippen LogP contribution in [0.3, 0.4) is 0 Å². The largest absolute Gasteiger partial charge is 0.493 e. The van der Waals surface area contributed by atoms with Gasteiger partial charge in [0, 0.05) is 6.04 Å². The topological polar surface area (TPSA) is 51.5 Å². The fraction of sp³-hybridized carbons (Fsp3) is 0.250. The summed E-state index contributed by atoms with van der Waals surface area (Å²) >= 11 is 0. The minimum atomic E-state index is -0.119. The second-order valence-corrected chi connectivity index (χ2v) is 5.80. The van der Waals surface area contributed by atoms with Crippen LogP contribution in [0.4, 0.5) is 0 Å². The summed E-state index contributed by atoms with van der Waals surface area (Å²) in [7, 11) is 0. The van der Waals surface area contributed by atoms with Crippen LogP contribution in [0.2, 0.25) is 0 Å². The molecule has 0 aliphatic carbocycles. The minimum Gasteiger partial charge on any atom is -0.493 e. The molecular formula is C20H21NO3. The minimum absolute atomic E-state index is 0.0106. The Morgan fingerprint density at radius 3 is 2.79 bits per heavy atom. The van der Waals surface area contributed by atoms with Gasteiger partial charge in [-0.05, 0) is 48.7 Å². The Bertz CT molecular complexity index is 824. The molecule has 0 radical (unpaired) electrons. The molecule has 124 valence electrons. The zero-order chi connectivity index (χ0) is 16.9. The molecule has 1 atom stereocenters. The predicted octanol–water partition coefficient (Wildman–Crippen LogP) is 4.19. The van der Waals surface area contributed by atoms with Gasteiger partial charge in [-0.2, -0.15) is 0 Å². The Labute approximate surface area is 141 Å². The van der Waals surface area contributed by atoms with E-state index in [-0.39, 0.29) is 11.9 Å². The molecule has 1 N–H and O–H groups in total. The number of carbonyl (C=O) groups is 1. The quantitative estimate of drug-likeness (QED) is 0.740. The number of furan rings is 1. The van der Waals surface area contributed by atoms with E-state index in [1.165, 1.54) is 0 Å². The molecule has 4 nitrogen and oxygen atoms in total. The number of nitrogens with one attached hydrogen (secondary N) is 1. The van der Waals surface area contributed by atoms with Gasteiger partial charge in [0.15, 0.2) is 0 Å². The van der Waals surface area contributed by atoms with Gasteiger partial charge in [0.1, 0.15) is 5.75 Å².